The Morgan fingerprint density at radius 1 is 1.56 bits per heavy atom. The lowest BCUT2D eigenvalue weighted by molar-refractivity contribution is -0.158. The van der Waals surface area contributed by atoms with Gasteiger partial charge in [-0.1, -0.05) is 34.1 Å². The predicted molar refractivity (Wildman–Crippen MR) is 69.3 cm³/mol. The summed E-state index contributed by atoms with van der Waals surface area (Å²) in [6.07, 6.45) is 0.200. The maximum Gasteiger partial charge on any atom is 0.306 e. The standard InChI is InChI=1S/C13H15BrO4/c1-13(7-9-4-2-3-5-11(9)14)17-8-10(18-13)6-12(15)16/h2-5,10H,6-8H2,1H3,(H,15,16). The van der Waals surface area contributed by atoms with Gasteiger partial charge in [-0.05, 0) is 18.6 Å². The second-order valence-corrected chi connectivity index (χ2v) is 5.41. The first kappa shape index (κ1) is 13.5. The second kappa shape index (κ2) is 5.38. The molecule has 0 amide bonds. The van der Waals surface area contributed by atoms with Crippen LogP contribution >= 0.6 is 15.9 Å². The molecule has 1 aliphatic rings. The Kier molecular flexibility index (Phi) is 4.04. The van der Waals surface area contributed by atoms with E-state index in [2.05, 4.69) is 15.9 Å². The Hall–Kier alpha value is -0.910. The molecule has 0 aliphatic carbocycles. The van der Waals surface area contributed by atoms with E-state index in [0.717, 1.165) is 10.0 Å². The molecule has 1 fully saturated rings. The van der Waals surface area contributed by atoms with Crippen LogP contribution in [0.15, 0.2) is 28.7 Å². The zero-order valence-corrected chi connectivity index (χ0v) is 11.6. The summed E-state index contributed by atoms with van der Waals surface area (Å²) in [5.74, 6) is -1.61. The molecule has 5 heteroatoms. The molecule has 0 bridgehead atoms. The summed E-state index contributed by atoms with van der Waals surface area (Å²) in [5.41, 5.74) is 1.08. The van der Waals surface area contributed by atoms with E-state index in [1.54, 1.807) is 0 Å². The first-order valence-corrected chi connectivity index (χ1v) is 6.55. The summed E-state index contributed by atoms with van der Waals surface area (Å²) in [4.78, 5) is 10.6. The van der Waals surface area contributed by atoms with Gasteiger partial charge in [0.2, 0.25) is 0 Å². The Morgan fingerprint density at radius 3 is 2.94 bits per heavy atom. The highest BCUT2D eigenvalue weighted by molar-refractivity contribution is 9.10. The first-order chi connectivity index (χ1) is 8.48. The molecule has 4 nitrogen and oxygen atoms in total. The average molecular weight is 315 g/mol. The summed E-state index contributed by atoms with van der Waals surface area (Å²) in [6, 6.07) is 7.85. The van der Waals surface area contributed by atoms with Crippen molar-refractivity contribution in [2.75, 3.05) is 6.61 Å². The summed E-state index contributed by atoms with van der Waals surface area (Å²) in [5, 5.41) is 8.73. The Morgan fingerprint density at radius 2 is 2.28 bits per heavy atom. The summed E-state index contributed by atoms with van der Waals surface area (Å²) >= 11 is 3.48. The van der Waals surface area contributed by atoms with Crippen molar-refractivity contribution in [1.82, 2.24) is 0 Å². The smallest absolute Gasteiger partial charge is 0.306 e. The topological polar surface area (TPSA) is 55.8 Å². The Bertz CT molecular complexity index is 448. The molecule has 1 saturated heterocycles. The highest BCUT2D eigenvalue weighted by Crippen LogP contribution is 2.30. The van der Waals surface area contributed by atoms with E-state index in [4.69, 9.17) is 14.6 Å². The number of carbonyl (C=O) groups is 1. The Balaban J connectivity index is 2.02. The minimum atomic E-state index is -0.867. The monoisotopic (exact) mass is 314 g/mol. The largest absolute Gasteiger partial charge is 0.481 e. The van der Waals surface area contributed by atoms with Crippen molar-refractivity contribution in [2.45, 2.75) is 31.7 Å². The number of halogens is 1. The van der Waals surface area contributed by atoms with Crippen LogP contribution in [0.3, 0.4) is 0 Å². The number of aliphatic carboxylic acids is 1. The molecule has 2 rings (SSSR count). The highest BCUT2D eigenvalue weighted by Gasteiger charge is 2.38. The fourth-order valence-electron chi connectivity index (χ4n) is 2.07. The van der Waals surface area contributed by atoms with Crippen LogP contribution in [-0.4, -0.2) is 29.6 Å². The molecule has 1 aliphatic heterocycles. The lowest BCUT2D eigenvalue weighted by atomic mass is 10.1. The van der Waals surface area contributed by atoms with Crippen LogP contribution < -0.4 is 0 Å². The van der Waals surface area contributed by atoms with E-state index in [-0.39, 0.29) is 12.5 Å². The molecule has 1 heterocycles. The summed E-state index contributed by atoms with van der Waals surface area (Å²) in [6.45, 7) is 2.17. The molecule has 0 spiro atoms. The number of benzene rings is 1. The van der Waals surface area contributed by atoms with Gasteiger partial charge in [0.1, 0.15) is 0 Å². The van der Waals surface area contributed by atoms with Gasteiger partial charge in [0.15, 0.2) is 5.79 Å². The van der Waals surface area contributed by atoms with Gasteiger partial charge in [-0.3, -0.25) is 4.79 Å². The number of hydrogen-bond acceptors (Lipinski definition) is 3. The minimum Gasteiger partial charge on any atom is -0.481 e. The second-order valence-electron chi connectivity index (χ2n) is 4.55. The molecule has 18 heavy (non-hydrogen) atoms. The summed E-state index contributed by atoms with van der Waals surface area (Å²) in [7, 11) is 0. The lowest BCUT2D eigenvalue weighted by Gasteiger charge is -2.23. The maximum atomic E-state index is 10.6. The van der Waals surface area contributed by atoms with Crippen molar-refractivity contribution in [3.8, 4) is 0 Å². The molecule has 0 aromatic heterocycles. The SMILES string of the molecule is CC1(Cc2ccccc2Br)OCC(CC(=O)O)O1. The third kappa shape index (κ3) is 3.31. The van der Waals surface area contributed by atoms with E-state index in [1.165, 1.54) is 0 Å². The Labute approximate surface area is 114 Å². The van der Waals surface area contributed by atoms with E-state index < -0.39 is 11.8 Å². The number of hydrogen-bond donors (Lipinski definition) is 1. The van der Waals surface area contributed by atoms with E-state index >= 15 is 0 Å². The van der Waals surface area contributed by atoms with Crippen molar-refractivity contribution >= 4 is 21.9 Å². The highest BCUT2D eigenvalue weighted by atomic mass is 79.9. The van der Waals surface area contributed by atoms with Crippen LogP contribution in [0.1, 0.15) is 18.9 Å². The summed E-state index contributed by atoms with van der Waals surface area (Å²) < 4.78 is 12.3. The molecule has 1 aromatic carbocycles. The zero-order valence-electron chi connectivity index (χ0n) is 10.1. The van der Waals surface area contributed by atoms with Crippen LogP contribution in [0, 0.1) is 0 Å². The number of ether oxygens (including phenoxy) is 2. The molecular weight excluding hydrogens is 300 g/mol. The fraction of sp³-hybridized carbons (Fsp3) is 0.462. The molecule has 2 unspecified atom stereocenters. The van der Waals surface area contributed by atoms with Crippen molar-refractivity contribution in [3.63, 3.8) is 0 Å². The fourth-order valence-corrected chi connectivity index (χ4v) is 2.49. The van der Waals surface area contributed by atoms with Gasteiger partial charge in [-0.15, -0.1) is 0 Å². The lowest BCUT2D eigenvalue weighted by Crippen LogP contribution is -2.30. The molecule has 98 valence electrons. The molecule has 2 atom stereocenters. The van der Waals surface area contributed by atoms with Crippen LogP contribution in [0.25, 0.3) is 0 Å². The quantitative estimate of drug-likeness (QED) is 0.928. The average Bonchev–Trinajstić information content (AvgIpc) is 2.63. The third-order valence-corrected chi connectivity index (χ3v) is 3.64. The van der Waals surface area contributed by atoms with Gasteiger partial charge in [0.25, 0.3) is 0 Å². The van der Waals surface area contributed by atoms with Crippen LogP contribution in [0.2, 0.25) is 0 Å². The van der Waals surface area contributed by atoms with Crippen molar-refractivity contribution in [1.29, 1.82) is 0 Å². The van der Waals surface area contributed by atoms with E-state index in [1.807, 2.05) is 31.2 Å². The number of carboxylic acid groups (broad SMARTS) is 1. The zero-order chi connectivity index (χ0) is 13.2. The van der Waals surface area contributed by atoms with Crippen LogP contribution in [0.5, 0.6) is 0 Å². The van der Waals surface area contributed by atoms with Gasteiger partial charge in [-0.25, -0.2) is 0 Å². The predicted octanol–water partition coefficient (Wildman–Crippen LogP) is 2.60. The molecule has 0 radical (unpaired) electrons. The van der Waals surface area contributed by atoms with E-state index in [9.17, 15) is 4.79 Å². The van der Waals surface area contributed by atoms with Gasteiger partial charge in [0, 0.05) is 10.9 Å². The number of carboxylic acids is 1. The molecule has 1 N–H and O–H groups in total. The maximum absolute atomic E-state index is 10.6. The van der Waals surface area contributed by atoms with Gasteiger partial charge < -0.3 is 14.6 Å². The van der Waals surface area contributed by atoms with E-state index in [0.29, 0.717) is 13.0 Å². The van der Waals surface area contributed by atoms with Gasteiger partial charge >= 0.3 is 5.97 Å². The van der Waals surface area contributed by atoms with Crippen molar-refractivity contribution < 1.29 is 19.4 Å². The normalized spacial score (nSPS) is 27.3. The van der Waals surface area contributed by atoms with Crippen LogP contribution in [-0.2, 0) is 20.7 Å². The molecule has 1 aromatic rings. The van der Waals surface area contributed by atoms with Crippen LogP contribution in [0.4, 0.5) is 0 Å². The molecular formula is C13H15BrO4. The first-order valence-electron chi connectivity index (χ1n) is 5.75. The molecule has 0 saturated carbocycles. The van der Waals surface area contributed by atoms with Gasteiger partial charge in [0.05, 0.1) is 19.1 Å². The third-order valence-electron chi connectivity index (χ3n) is 2.86. The van der Waals surface area contributed by atoms with Crippen molar-refractivity contribution in [2.24, 2.45) is 0 Å². The van der Waals surface area contributed by atoms with Crippen molar-refractivity contribution in [3.05, 3.63) is 34.3 Å². The van der Waals surface area contributed by atoms with Gasteiger partial charge in [-0.2, -0.15) is 0 Å². The number of rotatable bonds is 4. The minimum absolute atomic E-state index is 0.0223.